The van der Waals surface area contributed by atoms with Gasteiger partial charge in [0, 0.05) is 22.9 Å². The van der Waals surface area contributed by atoms with Crippen molar-refractivity contribution in [2.24, 2.45) is 0 Å². The lowest BCUT2D eigenvalue weighted by Crippen LogP contribution is -2.38. The molecule has 0 heterocycles. The zero-order valence-electron chi connectivity index (χ0n) is 9.78. The van der Waals surface area contributed by atoms with E-state index in [0.29, 0.717) is 12.4 Å². The number of hydrogen-bond acceptors (Lipinski definition) is 2. The van der Waals surface area contributed by atoms with Crippen LogP contribution in [0.15, 0.2) is 22.7 Å². The number of benzene rings is 1. The topological polar surface area (TPSA) is 40.5 Å². The molecule has 0 saturated heterocycles. The molecule has 1 aromatic rings. The minimum Gasteiger partial charge on any atom is -0.507 e. The molecule has 1 amide bonds. The van der Waals surface area contributed by atoms with E-state index in [4.69, 9.17) is 11.6 Å². The number of alkyl halides is 1. The summed E-state index contributed by atoms with van der Waals surface area (Å²) in [6.07, 6.45) is 0. The highest BCUT2D eigenvalue weighted by Crippen LogP contribution is 2.23. The monoisotopic (exact) mass is 319 g/mol. The number of phenols is 1. The van der Waals surface area contributed by atoms with Gasteiger partial charge in [-0.25, -0.2) is 0 Å². The average molecular weight is 321 g/mol. The molecule has 0 aliphatic carbocycles. The molecule has 0 spiro atoms. The number of rotatable bonds is 4. The van der Waals surface area contributed by atoms with Crippen LogP contribution < -0.4 is 0 Å². The van der Waals surface area contributed by atoms with E-state index in [1.807, 2.05) is 13.8 Å². The molecule has 3 nitrogen and oxygen atoms in total. The predicted molar refractivity (Wildman–Crippen MR) is 72.7 cm³/mol. The molecule has 0 atom stereocenters. The van der Waals surface area contributed by atoms with E-state index >= 15 is 0 Å². The van der Waals surface area contributed by atoms with Crippen molar-refractivity contribution < 1.29 is 9.90 Å². The van der Waals surface area contributed by atoms with Crippen molar-refractivity contribution in [1.82, 2.24) is 4.90 Å². The average Bonchev–Trinajstić information content (AvgIpc) is 2.28. The molecule has 0 radical (unpaired) electrons. The van der Waals surface area contributed by atoms with Gasteiger partial charge < -0.3 is 10.0 Å². The van der Waals surface area contributed by atoms with E-state index in [9.17, 15) is 9.90 Å². The van der Waals surface area contributed by atoms with Gasteiger partial charge in [-0.05, 0) is 32.0 Å². The summed E-state index contributed by atoms with van der Waals surface area (Å²) in [5, 5.41) is 9.70. The third-order valence-electron chi connectivity index (χ3n) is 2.40. The molecule has 1 N–H and O–H groups in total. The Balaban J connectivity index is 3.04. The first-order valence-corrected chi connectivity index (χ1v) is 6.65. The molecule has 94 valence electrons. The number of phenolic OH excluding ortho intramolecular Hbond substituents is 1. The third-order valence-corrected chi connectivity index (χ3v) is 3.06. The van der Waals surface area contributed by atoms with Gasteiger partial charge in [-0.15, -0.1) is 11.6 Å². The van der Waals surface area contributed by atoms with E-state index in [1.165, 1.54) is 6.07 Å². The minimum absolute atomic E-state index is 0.0153. The van der Waals surface area contributed by atoms with Gasteiger partial charge in [-0.1, -0.05) is 15.9 Å². The van der Waals surface area contributed by atoms with E-state index in [0.717, 1.165) is 4.47 Å². The maximum atomic E-state index is 12.2. The van der Waals surface area contributed by atoms with Crippen molar-refractivity contribution in [3.63, 3.8) is 0 Å². The lowest BCUT2D eigenvalue weighted by Gasteiger charge is -2.26. The van der Waals surface area contributed by atoms with Crippen molar-refractivity contribution in [1.29, 1.82) is 0 Å². The highest BCUT2D eigenvalue weighted by molar-refractivity contribution is 9.10. The Morgan fingerprint density at radius 1 is 1.53 bits per heavy atom. The molecule has 0 saturated carbocycles. The van der Waals surface area contributed by atoms with Gasteiger partial charge in [0.05, 0.1) is 5.56 Å². The van der Waals surface area contributed by atoms with E-state index < -0.39 is 0 Å². The fraction of sp³-hybridized carbons (Fsp3) is 0.417. The molecule has 0 aliphatic rings. The van der Waals surface area contributed by atoms with Crippen LogP contribution in [0.5, 0.6) is 5.75 Å². The van der Waals surface area contributed by atoms with Crippen LogP contribution in [-0.2, 0) is 0 Å². The highest BCUT2D eigenvalue weighted by atomic mass is 79.9. The summed E-state index contributed by atoms with van der Waals surface area (Å²) in [6.45, 7) is 4.29. The SMILES string of the molecule is CC(C)N(CCCl)C(=O)c1cc(Br)ccc1O. The lowest BCUT2D eigenvalue weighted by atomic mass is 10.1. The summed E-state index contributed by atoms with van der Waals surface area (Å²) in [6, 6.07) is 4.84. The number of carbonyl (C=O) groups is 1. The fourth-order valence-electron chi connectivity index (χ4n) is 1.52. The summed E-state index contributed by atoms with van der Waals surface area (Å²) >= 11 is 8.96. The first-order valence-electron chi connectivity index (χ1n) is 5.32. The molecule has 0 bridgehead atoms. The minimum atomic E-state index is -0.209. The van der Waals surface area contributed by atoms with Crippen LogP contribution in [0.4, 0.5) is 0 Å². The van der Waals surface area contributed by atoms with Crippen molar-refractivity contribution in [3.8, 4) is 5.75 Å². The molecule has 0 unspecified atom stereocenters. The van der Waals surface area contributed by atoms with Gasteiger partial charge >= 0.3 is 0 Å². The van der Waals surface area contributed by atoms with Crippen molar-refractivity contribution in [3.05, 3.63) is 28.2 Å². The molecule has 1 aromatic carbocycles. The van der Waals surface area contributed by atoms with E-state index in [-0.39, 0.29) is 23.3 Å². The van der Waals surface area contributed by atoms with E-state index in [2.05, 4.69) is 15.9 Å². The summed E-state index contributed by atoms with van der Waals surface area (Å²) in [5.74, 6) is 0.150. The number of nitrogens with zero attached hydrogens (tertiary/aromatic N) is 1. The number of hydrogen-bond donors (Lipinski definition) is 1. The van der Waals surface area contributed by atoms with Gasteiger partial charge in [-0.2, -0.15) is 0 Å². The molecule has 0 fully saturated rings. The molecular weight excluding hydrogens is 305 g/mol. The van der Waals surface area contributed by atoms with Gasteiger partial charge in [0.1, 0.15) is 5.75 Å². The second-order valence-corrected chi connectivity index (χ2v) is 5.24. The summed E-state index contributed by atoms with van der Waals surface area (Å²) < 4.78 is 0.758. The second-order valence-electron chi connectivity index (χ2n) is 3.94. The Morgan fingerprint density at radius 2 is 2.18 bits per heavy atom. The Bertz CT molecular complexity index is 409. The Kier molecular flexibility index (Phi) is 5.28. The Labute approximate surface area is 115 Å². The van der Waals surface area contributed by atoms with Gasteiger partial charge in [0.2, 0.25) is 0 Å². The number of halogens is 2. The van der Waals surface area contributed by atoms with E-state index in [1.54, 1.807) is 17.0 Å². The number of carbonyl (C=O) groups excluding carboxylic acids is 1. The molecule has 0 aliphatic heterocycles. The van der Waals surface area contributed by atoms with Crippen LogP contribution in [0.3, 0.4) is 0 Å². The highest BCUT2D eigenvalue weighted by Gasteiger charge is 2.21. The Hall–Kier alpha value is -0.740. The van der Waals surface area contributed by atoms with Gasteiger partial charge in [0.25, 0.3) is 5.91 Å². The predicted octanol–water partition coefficient (Wildman–Crippen LogP) is 3.24. The van der Waals surface area contributed by atoms with Crippen LogP contribution in [0.1, 0.15) is 24.2 Å². The largest absolute Gasteiger partial charge is 0.507 e. The van der Waals surface area contributed by atoms with Crippen LogP contribution in [-0.4, -0.2) is 34.4 Å². The third kappa shape index (κ3) is 3.61. The lowest BCUT2D eigenvalue weighted by molar-refractivity contribution is 0.0715. The summed E-state index contributed by atoms with van der Waals surface area (Å²) in [5.41, 5.74) is 0.290. The second kappa shape index (κ2) is 6.26. The van der Waals surface area contributed by atoms with Crippen molar-refractivity contribution in [2.45, 2.75) is 19.9 Å². The van der Waals surface area contributed by atoms with Gasteiger partial charge in [0.15, 0.2) is 0 Å². The smallest absolute Gasteiger partial charge is 0.257 e. The molecule has 5 heteroatoms. The molecule has 0 aromatic heterocycles. The summed E-state index contributed by atoms with van der Waals surface area (Å²) in [7, 11) is 0. The van der Waals surface area contributed by atoms with Gasteiger partial charge in [-0.3, -0.25) is 4.79 Å². The zero-order valence-corrected chi connectivity index (χ0v) is 12.1. The normalized spacial score (nSPS) is 10.6. The first-order chi connectivity index (χ1) is 7.97. The molecular formula is C12H15BrClNO2. The zero-order chi connectivity index (χ0) is 13.0. The number of amides is 1. The van der Waals surface area contributed by atoms with Crippen LogP contribution >= 0.6 is 27.5 Å². The quantitative estimate of drug-likeness (QED) is 0.865. The standard InChI is InChI=1S/C12H15BrClNO2/c1-8(2)15(6-5-14)12(17)10-7-9(13)3-4-11(10)16/h3-4,7-8,16H,5-6H2,1-2H3. The maximum absolute atomic E-state index is 12.2. The molecule has 1 rings (SSSR count). The van der Waals surface area contributed by atoms with Crippen molar-refractivity contribution >= 4 is 33.4 Å². The van der Waals surface area contributed by atoms with Crippen LogP contribution in [0, 0.1) is 0 Å². The number of aromatic hydroxyl groups is 1. The fourth-order valence-corrected chi connectivity index (χ4v) is 2.06. The van der Waals surface area contributed by atoms with Crippen LogP contribution in [0.25, 0.3) is 0 Å². The Morgan fingerprint density at radius 3 is 2.71 bits per heavy atom. The van der Waals surface area contributed by atoms with Crippen molar-refractivity contribution in [2.75, 3.05) is 12.4 Å². The van der Waals surface area contributed by atoms with Crippen LogP contribution in [0.2, 0.25) is 0 Å². The first kappa shape index (κ1) is 14.3. The summed E-state index contributed by atoms with van der Waals surface area (Å²) in [4.78, 5) is 13.9. The maximum Gasteiger partial charge on any atom is 0.257 e. The molecule has 17 heavy (non-hydrogen) atoms.